The van der Waals surface area contributed by atoms with Gasteiger partial charge in [0.05, 0.1) is 11.7 Å². The molecule has 0 aliphatic rings. The maximum absolute atomic E-state index is 4.34. The van der Waals surface area contributed by atoms with Crippen LogP contribution >= 0.6 is 0 Å². The zero-order valence-electron chi connectivity index (χ0n) is 11.6. The number of aromatic nitrogens is 2. The van der Waals surface area contributed by atoms with Gasteiger partial charge < -0.3 is 10.2 Å². The summed E-state index contributed by atoms with van der Waals surface area (Å²) in [7, 11) is 4.22. The quantitative estimate of drug-likeness (QED) is 0.872. The minimum atomic E-state index is 0.156. The first-order valence-electron chi connectivity index (χ1n) is 6.30. The molecule has 4 heteroatoms. The second-order valence-electron chi connectivity index (χ2n) is 5.51. The molecule has 2 rings (SSSR count). The molecule has 0 fully saturated rings. The van der Waals surface area contributed by atoms with Crippen molar-refractivity contribution >= 4 is 5.52 Å². The van der Waals surface area contributed by atoms with Crippen molar-refractivity contribution in [1.29, 1.82) is 0 Å². The molecule has 0 atom stereocenters. The van der Waals surface area contributed by atoms with Gasteiger partial charge >= 0.3 is 0 Å². The van der Waals surface area contributed by atoms with E-state index in [2.05, 4.69) is 49.3 Å². The molecule has 2 aromatic heterocycles. The summed E-state index contributed by atoms with van der Waals surface area (Å²) >= 11 is 0. The number of hydrogen-bond acceptors (Lipinski definition) is 3. The second kappa shape index (κ2) is 5.08. The predicted molar refractivity (Wildman–Crippen MR) is 74.7 cm³/mol. The highest BCUT2D eigenvalue weighted by Crippen LogP contribution is 2.11. The summed E-state index contributed by atoms with van der Waals surface area (Å²) in [5, 5.41) is 7.84. The molecule has 0 radical (unpaired) electrons. The van der Waals surface area contributed by atoms with E-state index in [1.54, 1.807) is 0 Å². The van der Waals surface area contributed by atoms with Crippen molar-refractivity contribution in [3.05, 3.63) is 36.2 Å². The highest BCUT2D eigenvalue weighted by Gasteiger charge is 2.19. The van der Waals surface area contributed by atoms with Crippen LogP contribution in [-0.4, -0.2) is 40.7 Å². The van der Waals surface area contributed by atoms with Gasteiger partial charge in [0.2, 0.25) is 0 Å². The standard InChI is InChI=1S/C14H22N4/c1-14(2,17(3)4)11-15-9-12-10-16-18-8-6-5-7-13(12)18/h5-8,10,15H,9,11H2,1-4H3. The predicted octanol–water partition coefficient (Wildman–Crippen LogP) is 1.76. The lowest BCUT2D eigenvalue weighted by molar-refractivity contribution is 0.190. The third-order valence-electron chi connectivity index (χ3n) is 3.59. The topological polar surface area (TPSA) is 32.6 Å². The van der Waals surface area contributed by atoms with E-state index in [-0.39, 0.29) is 5.54 Å². The smallest absolute Gasteiger partial charge is 0.0706 e. The normalized spacial score (nSPS) is 12.5. The Morgan fingerprint density at radius 1 is 1.33 bits per heavy atom. The lowest BCUT2D eigenvalue weighted by Gasteiger charge is -2.32. The van der Waals surface area contributed by atoms with Gasteiger partial charge in [0.1, 0.15) is 0 Å². The number of likely N-dealkylation sites (N-methyl/N-ethyl adjacent to an activating group) is 1. The van der Waals surface area contributed by atoms with Crippen molar-refractivity contribution in [1.82, 2.24) is 19.8 Å². The lowest BCUT2D eigenvalue weighted by Crippen LogP contribution is -2.46. The molecule has 0 aliphatic carbocycles. The summed E-state index contributed by atoms with van der Waals surface area (Å²) in [6.07, 6.45) is 3.91. The molecule has 18 heavy (non-hydrogen) atoms. The largest absolute Gasteiger partial charge is 0.311 e. The summed E-state index contributed by atoms with van der Waals surface area (Å²) in [6.45, 7) is 6.27. The Bertz CT molecular complexity index is 513. The maximum atomic E-state index is 4.34. The Balaban J connectivity index is 1.99. The molecule has 4 nitrogen and oxygen atoms in total. The first-order chi connectivity index (χ1) is 8.50. The number of pyridine rings is 1. The number of hydrogen-bond donors (Lipinski definition) is 1. The van der Waals surface area contributed by atoms with Crippen LogP contribution in [0.25, 0.3) is 5.52 Å². The number of nitrogens with zero attached hydrogens (tertiary/aromatic N) is 3. The molecule has 0 amide bonds. The lowest BCUT2D eigenvalue weighted by atomic mass is 10.0. The van der Waals surface area contributed by atoms with Gasteiger partial charge in [-0.15, -0.1) is 0 Å². The van der Waals surface area contributed by atoms with Crippen LogP contribution in [0.15, 0.2) is 30.6 Å². The molecule has 0 saturated carbocycles. The van der Waals surface area contributed by atoms with E-state index in [0.29, 0.717) is 0 Å². The van der Waals surface area contributed by atoms with E-state index in [0.717, 1.165) is 13.1 Å². The Kier molecular flexibility index (Phi) is 3.68. The average molecular weight is 246 g/mol. The zero-order valence-corrected chi connectivity index (χ0v) is 11.6. The third kappa shape index (κ3) is 2.71. The molecule has 0 aliphatic heterocycles. The molecular weight excluding hydrogens is 224 g/mol. The Labute approximate surface area is 109 Å². The molecule has 1 N–H and O–H groups in total. The van der Waals surface area contributed by atoms with Crippen molar-refractivity contribution in [2.45, 2.75) is 25.9 Å². The van der Waals surface area contributed by atoms with Crippen LogP contribution in [-0.2, 0) is 6.54 Å². The Morgan fingerprint density at radius 2 is 2.11 bits per heavy atom. The molecule has 2 aromatic rings. The van der Waals surface area contributed by atoms with E-state index in [1.165, 1.54) is 11.1 Å². The molecular formula is C14H22N4. The first-order valence-corrected chi connectivity index (χ1v) is 6.30. The van der Waals surface area contributed by atoms with Crippen molar-refractivity contribution in [3.63, 3.8) is 0 Å². The zero-order chi connectivity index (χ0) is 13.2. The van der Waals surface area contributed by atoms with E-state index in [9.17, 15) is 0 Å². The summed E-state index contributed by atoms with van der Waals surface area (Å²) in [6, 6.07) is 6.14. The SMILES string of the molecule is CN(C)C(C)(C)CNCc1cnn2ccccc12. The second-order valence-corrected chi connectivity index (χ2v) is 5.51. The van der Waals surface area contributed by atoms with Gasteiger partial charge in [0.15, 0.2) is 0 Å². The van der Waals surface area contributed by atoms with Gasteiger partial charge in [-0.3, -0.25) is 0 Å². The van der Waals surface area contributed by atoms with E-state index in [4.69, 9.17) is 0 Å². The van der Waals surface area contributed by atoms with E-state index in [1.807, 2.05) is 29.0 Å². The molecule has 0 saturated heterocycles. The van der Waals surface area contributed by atoms with Crippen molar-refractivity contribution in [2.75, 3.05) is 20.6 Å². The van der Waals surface area contributed by atoms with Crippen LogP contribution in [0.3, 0.4) is 0 Å². The van der Waals surface area contributed by atoms with Crippen LogP contribution in [0.4, 0.5) is 0 Å². The molecule has 0 bridgehead atoms. The van der Waals surface area contributed by atoms with Gasteiger partial charge in [0, 0.05) is 30.4 Å². The maximum Gasteiger partial charge on any atom is 0.0706 e. The van der Waals surface area contributed by atoms with Crippen LogP contribution < -0.4 is 5.32 Å². The molecule has 2 heterocycles. The summed E-state index contributed by atoms with van der Waals surface area (Å²) in [5.74, 6) is 0. The highest BCUT2D eigenvalue weighted by molar-refractivity contribution is 5.53. The van der Waals surface area contributed by atoms with Crippen molar-refractivity contribution in [2.24, 2.45) is 0 Å². The highest BCUT2D eigenvalue weighted by atomic mass is 15.2. The van der Waals surface area contributed by atoms with Gasteiger partial charge in [0.25, 0.3) is 0 Å². The van der Waals surface area contributed by atoms with E-state index >= 15 is 0 Å². The van der Waals surface area contributed by atoms with Crippen LogP contribution in [0.1, 0.15) is 19.4 Å². The minimum Gasteiger partial charge on any atom is -0.311 e. The van der Waals surface area contributed by atoms with Crippen molar-refractivity contribution in [3.8, 4) is 0 Å². The first kappa shape index (κ1) is 13.1. The Hall–Kier alpha value is -1.39. The van der Waals surface area contributed by atoms with Crippen LogP contribution in [0.5, 0.6) is 0 Å². The van der Waals surface area contributed by atoms with Gasteiger partial charge in [-0.1, -0.05) is 6.07 Å². The molecule has 0 unspecified atom stereocenters. The average Bonchev–Trinajstić information content (AvgIpc) is 2.72. The fourth-order valence-electron chi connectivity index (χ4n) is 1.78. The number of fused-ring (bicyclic) bond motifs is 1. The summed E-state index contributed by atoms with van der Waals surface area (Å²) < 4.78 is 1.91. The fraction of sp³-hybridized carbons (Fsp3) is 0.500. The number of rotatable bonds is 5. The molecule has 0 aromatic carbocycles. The van der Waals surface area contributed by atoms with Gasteiger partial charge in [-0.05, 0) is 40.1 Å². The molecule has 98 valence electrons. The number of nitrogens with one attached hydrogen (secondary N) is 1. The van der Waals surface area contributed by atoms with Crippen LogP contribution in [0, 0.1) is 0 Å². The van der Waals surface area contributed by atoms with E-state index < -0.39 is 0 Å². The summed E-state index contributed by atoms with van der Waals surface area (Å²) in [4.78, 5) is 2.23. The fourth-order valence-corrected chi connectivity index (χ4v) is 1.78. The van der Waals surface area contributed by atoms with Gasteiger partial charge in [-0.2, -0.15) is 5.10 Å². The van der Waals surface area contributed by atoms with Gasteiger partial charge in [-0.25, -0.2) is 4.52 Å². The monoisotopic (exact) mass is 246 g/mol. The Morgan fingerprint density at radius 3 is 2.83 bits per heavy atom. The third-order valence-corrected chi connectivity index (χ3v) is 3.59. The van der Waals surface area contributed by atoms with Crippen LogP contribution in [0.2, 0.25) is 0 Å². The minimum absolute atomic E-state index is 0.156. The summed E-state index contributed by atoms with van der Waals surface area (Å²) in [5.41, 5.74) is 2.57. The van der Waals surface area contributed by atoms with Crippen molar-refractivity contribution < 1.29 is 0 Å². The molecule has 0 spiro atoms.